The van der Waals surface area contributed by atoms with Crippen molar-refractivity contribution >= 4 is 21.6 Å². The first-order valence-corrected chi connectivity index (χ1v) is 7.25. The molecule has 1 atom stereocenters. The molecular formula is C10H18ClN3O2S. The van der Waals surface area contributed by atoms with Crippen LogP contribution in [0.2, 0.25) is 0 Å². The van der Waals surface area contributed by atoms with Gasteiger partial charge >= 0.3 is 0 Å². The molecule has 0 aromatic carbocycles. The zero-order chi connectivity index (χ0) is 13.4. The number of aryl methyl sites for hydroxylation is 2. The fourth-order valence-electron chi connectivity index (χ4n) is 1.61. The second-order valence-corrected chi connectivity index (χ2v) is 6.39. The molecule has 0 N–H and O–H groups in total. The second-order valence-electron chi connectivity index (χ2n) is 4.15. The summed E-state index contributed by atoms with van der Waals surface area (Å²) in [6.45, 7) is 5.21. The van der Waals surface area contributed by atoms with Gasteiger partial charge in [-0.3, -0.25) is 4.68 Å². The molecule has 0 bridgehead atoms. The molecule has 0 radical (unpaired) electrons. The number of hydrogen-bond acceptors (Lipinski definition) is 3. The van der Waals surface area contributed by atoms with Crippen molar-refractivity contribution in [3.05, 3.63) is 11.4 Å². The Hall–Kier alpha value is -0.590. The Morgan fingerprint density at radius 1 is 1.47 bits per heavy atom. The van der Waals surface area contributed by atoms with Crippen LogP contribution in [0.25, 0.3) is 0 Å². The maximum Gasteiger partial charge on any atom is 0.246 e. The van der Waals surface area contributed by atoms with Crippen molar-refractivity contribution in [2.45, 2.75) is 31.7 Å². The minimum Gasteiger partial charge on any atom is -0.271 e. The van der Waals surface area contributed by atoms with Crippen molar-refractivity contribution in [1.29, 1.82) is 0 Å². The summed E-state index contributed by atoms with van der Waals surface area (Å²) in [5.74, 6) is 0.258. The average Bonchev–Trinajstić information content (AvgIpc) is 2.51. The quantitative estimate of drug-likeness (QED) is 0.781. The minimum atomic E-state index is -3.53. The van der Waals surface area contributed by atoms with Crippen LogP contribution in [0.15, 0.2) is 4.90 Å². The number of aromatic nitrogens is 2. The molecular weight excluding hydrogens is 262 g/mol. The van der Waals surface area contributed by atoms with E-state index in [2.05, 4.69) is 5.10 Å². The molecule has 7 heteroatoms. The molecule has 0 aliphatic carbocycles. The lowest BCUT2D eigenvalue weighted by molar-refractivity contribution is 0.413. The molecule has 1 unspecified atom stereocenters. The summed E-state index contributed by atoms with van der Waals surface area (Å²) in [4.78, 5) is 0.277. The van der Waals surface area contributed by atoms with Crippen LogP contribution in [0.3, 0.4) is 0 Å². The predicted octanol–water partition coefficient (Wildman–Crippen LogP) is 1.28. The van der Waals surface area contributed by atoms with Crippen molar-refractivity contribution in [3.8, 4) is 0 Å². The average molecular weight is 280 g/mol. The summed E-state index contributed by atoms with van der Waals surface area (Å²) in [6.07, 6.45) is 0. The summed E-state index contributed by atoms with van der Waals surface area (Å²) in [5.41, 5.74) is 1.15. The third kappa shape index (κ3) is 2.48. The third-order valence-corrected chi connectivity index (χ3v) is 5.60. The van der Waals surface area contributed by atoms with E-state index in [1.165, 1.54) is 11.4 Å². The van der Waals surface area contributed by atoms with Crippen molar-refractivity contribution in [2.75, 3.05) is 12.9 Å². The SMILES string of the molecule is Cc1nn(C)c(C)c1S(=O)(=O)N(C)C(C)CCl. The molecule has 1 aromatic rings. The molecule has 0 saturated heterocycles. The van der Waals surface area contributed by atoms with E-state index in [9.17, 15) is 8.42 Å². The molecule has 0 saturated carbocycles. The zero-order valence-corrected chi connectivity index (χ0v) is 12.3. The van der Waals surface area contributed by atoms with Gasteiger partial charge in [-0.25, -0.2) is 8.42 Å². The van der Waals surface area contributed by atoms with Gasteiger partial charge in [0.1, 0.15) is 4.90 Å². The Kier molecular flexibility index (Phi) is 4.22. The molecule has 1 rings (SSSR count). The van der Waals surface area contributed by atoms with E-state index >= 15 is 0 Å². The number of hydrogen-bond donors (Lipinski definition) is 0. The van der Waals surface area contributed by atoms with Crippen molar-refractivity contribution in [1.82, 2.24) is 14.1 Å². The maximum absolute atomic E-state index is 12.4. The Bertz CT molecular complexity index is 510. The highest BCUT2D eigenvalue weighted by atomic mass is 35.5. The Morgan fingerprint density at radius 2 is 2.00 bits per heavy atom. The van der Waals surface area contributed by atoms with Crippen LogP contribution in [-0.2, 0) is 17.1 Å². The molecule has 1 heterocycles. The zero-order valence-electron chi connectivity index (χ0n) is 10.7. The van der Waals surface area contributed by atoms with E-state index in [0.29, 0.717) is 11.4 Å². The van der Waals surface area contributed by atoms with Crippen LogP contribution >= 0.6 is 11.6 Å². The Morgan fingerprint density at radius 3 is 2.35 bits per heavy atom. The van der Waals surface area contributed by atoms with Gasteiger partial charge in [-0.1, -0.05) is 0 Å². The highest BCUT2D eigenvalue weighted by Crippen LogP contribution is 2.23. The van der Waals surface area contributed by atoms with E-state index in [4.69, 9.17) is 11.6 Å². The number of sulfonamides is 1. The van der Waals surface area contributed by atoms with Crippen molar-refractivity contribution in [2.24, 2.45) is 7.05 Å². The standard InChI is InChI=1S/C10H18ClN3O2S/c1-7(6-11)14(5)17(15,16)10-8(2)12-13(4)9(10)3/h7H,6H2,1-5H3. The van der Waals surface area contributed by atoms with Crippen LogP contribution in [0.5, 0.6) is 0 Å². The number of halogens is 1. The van der Waals surface area contributed by atoms with Crippen LogP contribution < -0.4 is 0 Å². The van der Waals surface area contributed by atoms with Crippen molar-refractivity contribution in [3.63, 3.8) is 0 Å². The van der Waals surface area contributed by atoms with Crippen molar-refractivity contribution < 1.29 is 8.42 Å². The molecule has 98 valence electrons. The van der Waals surface area contributed by atoms with Crippen LogP contribution in [0.4, 0.5) is 0 Å². The molecule has 0 aliphatic heterocycles. The van der Waals surface area contributed by atoms with Gasteiger partial charge in [0.05, 0.1) is 11.4 Å². The van der Waals surface area contributed by atoms with Crippen LogP contribution in [0, 0.1) is 13.8 Å². The minimum absolute atomic E-state index is 0.249. The lowest BCUT2D eigenvalue weighted by Crippen LogP contribution is -2.36. The number of rotatable bonds is 4. The highest BCUT2D eigenvalue weighted by Gasteiger charge is 2.30. The smallest absolute Gasteiger partial charge is 0.246 e. The summed E-state index contributed by atoms with van der Waals surface area (Å²) in [5, 5.41) is 4.12. The van der Waals surface area contributed by atoms with Gasteiger partial charge in [-0.15, -0.1) is 11.6 Å². The molecule has 0 amide bonds. The topological polar surface area (TPSA) is 55.2 Å². The summed E-state index contributed by atoms with van der Waals surface area (Å²) >= 11 is 5.70. The first-order chi connectivity index (χ1) is 7.73. The summed E-state index contributed by atoms with van der Waals surface area (Å²) in [6, 6.07) is -0.249. The van der Waals surface area contributed by atoms with Gasteiger partial charge in [0.2, 0.25) is 10.0 Å². The Labute approximate surface area is 107 Å². The first kappa shape index (κ1) is 14.5. The van der Waals surface area contributed by atoms with Gasteiger partial charge in [0, 0.05) is 26.0 Å². The van der Waals surface area contributed by atoms with E-state index in [0.717, 1.165) is 0 Å². The monoisotopic (exact) mass is 279 g/mol. The predicted molar refractivity (Wildman–Crippen MR) is 67.8 cm³/mol. The van der Waals surface area contributed by atoms with E-state index in [-0.39, 0.29) is 16.8 Å². The number of alkyl halides is 1. The second kappa shape index (κ2) is 4.96. The van der Waals surface area contributed by atoms with E-state index < -0.39 is 10.0 Å². The molecule has 17 heavy (non-hydrogen) atoms. The van der Waals surface area contributed by atoms with Crippen LogP contribution in [0.1, 0.15) is 18.3 Å². The molecule has 5 nitrogen and oxygen atoms in total. The van der Waals surface area contributed by atoms with Gasteiger partial charge in [0.25, 0.3) is 0 Å². The largest absolute Gasteiger partial charge is 0.271 e. The van der Waals surface area contributed by atoms with E-state index in [1.54, 1.807) is 32.5 Å². The fourth-order valence-corrected chi connectivity index (χ4v) is 3.65. The van der Waals surface area contributed by atoms with E-state index in [1.807, 2.05) is 0 Å². The lowest BCUT2D eigenvalue weighted by Gasteiger charge is -2.22. The first-order valence-electron chi connectivity index (χ1n) is 5.27. The highest BCUT2D eigenvalue weighted by molar-refractivity contribution is 7.89. The third-order valence-electron chi connectivity index (χ3n) is 2.92. The summed E-state index contributed by atoms with van der Waals surface area (Å²) < 4.78 is 27.7. The van der Waals surface area contributed by atoms with Gasteiger partial charge in [-0.05, 0) is 20.8 Å². The maximum atomic E-state index is 12.4. The Balaban J connectivity index is 3.32. The molecule has 0 fully saturated rings. The van der Waals surface area contributed by atoms with Gasteiger partial charge in [-0.2, -0.15) is 9.40 Å². The van der Waals surface area contributed by atoms with Crippen LogP contribution in [-0.4, -0.2) is 41.5 Å². The molecule has 0 aliphatic rings. The lowest BCUT2D eigenvalue weighted by atomic mass is 10.4. The number of nitrogens with zero attached hydrogens (tertiary/aromatic N) is 3. The fraction of sp³-hybridized carbons (Fsp3) is 0.700. The van der Waals surface area contributed by atoms with Gasteiger partial charge < -0.3 is 0 Å². The molecule has 0 spiro atoms. The van der Waals surface area contributed by atoms with Gasteiger partial charge in [0.15, 0.2) is 0 Å². The summed E-state index contributed by atoms with van der Waals surface area (Å²) in [7, 11) is -0.261. The molecule has 1 aromatic heterocycles. The normalized spacial score (nSPS) is 14.3.